The first-order chi connectivity index (χ1) is 9.81. The minimum atomic E-state index is 0. The molecule has 0 atom stereocenters. The molecule has 118 valence electrons. The van der Waals surface area contributed by atoms with Gasteiger partial charge in [0, 0.05) is 19.6 Å². The summed E-state index contributed by atoms with van der Waals surface area (Å²) in [5.41, 5.74) is 1.93. The number of hydrogen-bond acceptors (Lipinski definition) is 2. The summed E-state index contributed by atoms with van der Waals surface area (Å²) in [6, 6.07) is 2.17. The van der Waals surface area contributed by atoms with Gasteiger partial charge in [-0.25, -0.2) is 4.99 Å². The molecule has 1 aromatic heterocycles. The summed E-state index contributed by atoms with van der Waals surface area (Å²) in [6.45, 7) is 6.29. The maximum Gasteiger partial charge on any atom is 0.194 e. The molecule has 0 amide bonds. The lowest BCUT2D eigenvalue weighted by Gasteiger charge is -2.25. The summed E-state index contributed by atoms with van der Waals surface area (Å²) in [5.74, 6) is 1.11. The molecule has 1 saturated heterocycles. The zero-order valence-electron chi connectivity index (χ0n) is 12.8. The van der Waals surface area contributed by atoms with Gasteiger partial charge in [-0.2, -0.15) is 11.3 Å². The van der Waals surface area contributed by atoms with Crippen molar-refractivity contribution >= 4 is 41.3 Å². The van der Waals surface area contributed by atoms with Crippen LogP contribution in [0.1, 0.15) is 44.6 Å². The van der Waals surface area contributed by atoms with Crippen LogP contribution < -0.4 is 5.32 Å². The van der Waals surface area contributed by atoms with Gasteiger partial charge in [-0.3, -0.25) is 0 Å². The summed E-state index contributed by atoms with van der Waals surface area (Å²) < 4.78 is 0. The average Bonchev–Trinajstić information content (AvgIpc) is 3.18. The van der Waals surface area contributed by atoms with E-state index >= 15 is 0 Å². The van der Waals surface area contributed by atoms with Crippen molar-refractivity contribution in [3.8, 4) is 0 Å². The zero-order valence-corrected chi connectivity index (χ0v) is 16.0. The topological polar surface area (TPSA) is 27.6 Å². The van der Waals surface area contributed by atoms with Crippen LogP contribution in [0.15, 0.2) is 21.8 Å². The second-order valence-electron chi connectivity index (χ2n) is 6.18. The number of thiophene rings is 1. The third kappa shape index (κ3) is 4.12. The number of nitrogens with zero attached hydrogens (tertiary/aromatic N) is 2. The molecule has 0 radical (unpaired) electrons. The number of guanidine groups is 1. The molecule has 0 unspecified atom stereocenters. The van der Waals surface area contributed by atoms with Crippen molar-refractivity contribution in [2.45, 2.75) is 45.6 Å². The standard InChI is InChI=1S/C16H25N3S.HI/c1-2-17-15(18-11-14-5-10-20-12-14)19-9-8-16(13-19)6-3-4-7-16;/h5,10,12H,2-4,6-9,11,13H2,1H3,(H,17,18);1H. The van der Waals surface area contributed by atoms with Crippen LogP contribution in [0, 0.1) is 5.41 Å². The smallest absolute Gasteiger partial charge is 0.194 e. The van der Waals surface area contributed by atoms with E-state index in [1.54, 1.807) is 11.3 Å². The number of likely N-dealkylation sites (tertiary alicyclic amines) is 1. The fraction of sp³-hybridized carbons (Fsp3) is 0.688. The van der Waals surface area contributed by atoms with Crippen LogP contribution in [-0.2, 0) is 6.54 Å². The van der Waals surface area contributed by atoms with Crippen LogP contribution in [0.4, 0.5) is 0 Å². The maximum absolute atomic E-state index is 4.83. The Labute approximate surface area is 149 Å². The predicted molar refractivity (Wildman–Crippen MR) is 102 cm³/mol. The van der Waals surface area contributed by atoms with Crippen LogP contribution >= 0.6 is 35.3 Å². The second-order valence-corrected chi connectivity index (χ2v) is 6.96. The highest BCUT2D eigenvalue weighted by Gasteiger charge is 2.41. The molecule has 1 saturated carbocycles. The van der Waals surface area contributed by atoms with E-state index in [2.05, 4.69) is 34.0 Å². The molecule has 1 aliphatic heterocycles. The van der Waals surface area contributed by atoms with E-state index < -0.39 is 0 Å². The molecule has 1 aromatic rings. The Bertz CT molecular complexity index is 452. The van der Waals surface area contributed by atoms with E-state index in [1.807, 2.05) is 0 Å². The van der Waals surface area contributed by atoms with Crippen LogP contribution in [-0.4, -0.2) is 30.5 Å². The van der Waals surface area contributed by atoms with Gasteiger partial charge in [0.15, 0.2) is 5.96 Å². The number of rotatable bonds is 3. The normalized spacial score (nSPS) is 20.8. The van der Waals surface area contributed by atoms with Gasteiger partial charge < -0.3 is 10.2 Å². The van der Waals surface area contributed by atoms with Crippen molar-refractivity contribution < 1.29 is 0 Å². The van der Waals surface area contributed by atoms with Gasteiger partial charge in [-0.1, -0.05) is 12.8 Å². The van der Waals surface area contributed by atoms with E-state index in [0.717, 1.165) is 19.0 Å². The van der Waals surface area contributed by atoms with Gasteiger partial charge in [-0.15, -0.1) is 24.0 Å². The number of hydrogen-bond donors (Lipinski definition) is 1. The fourth-order valence-electron chi connectivity index (χ4n) is 3.62. The molecular weight excluding hydrogens is 393 g/mol. The summed E-state index contributed by atoms with van der Waals surface area (Å²) in [5, 5.41) is 7.79. The molecule has 1 N–H and O–H groups in total. The SMILES string of the molecule is CCNC(=NCc1ccsc1)N1CCC2(CCCC2)C1.I. The van der Waals surface area contributed by atoms with Crippen molar-refractivity contribution in [3.63, 3.8) is 0 Å². The first kappa shape index (κ1) is 17.1. The Balaban J connectivity index is 0.00000161. The Morgan fingerprint density at radius 2 is 2.19 bits per heavy atom. The van der Waals surface area contributed by atoms with Crippen molar-refractivity contribution in [1.29, 1.82) is 0 Å². The Morgan fingerprint density at radius 1 is 1.38 bits per heavy atom. The molecule has 0 bridgehead atoms. The van der Waals surface area contributed by atoms with Crippen LogP contribution in [0.25, 0.3) is 0 Å². The quantitative estimate of drug-likeness (QED) is 0.454. The maximum atomic E-state index is 4.83. The second kappa shape index (κ2) is 7.81. The molecule has 1 aliphatic carbocycles. The van der Waals surface area contributed by atoms with Gasteiger partial charge in [0.2, 0.25) is 0 Å². The average molecular weight is 419 g/mol. The van der Waals surface area contributed by atoms with Crippen molar-refractivity contribution in [1.82, 2.24) is 10.2 Å². The highest BCUT2D eigenvalue weighted by atomic mass is 127. The molecule has 2 fully saturated rings. The molecule has 5 heteroatoms. The number of aliphatic imine (C=N–C) groups is 1. The van der Waals surface area contributed by atoms with Gasteiger partial charge in [0.05, 0.1) is 6.54 Å². The molecule has 0 aromatic carbocycles. The van der Waals surface area contributed by atoms with Gasteiger partial charge in [0.1, 0.15) is 0 Å². The molecule has 1 spiro atoms. The molecule has 3 nitrogen and oxygen atoms in total. The Hall–Kier alpha value is -0.300. The zero-order chi connectivity index (χ0) is 13.8. The first-order valence-corrected chi connectivity index (χ1v) is 8.80. The molecule has 2 aliphatic rings. The lowest BCUT2D eigenvalue weighted by molar-refractivity contribution is 0.309. The largest absolute Gasteiger partial charge is 0.357 e. The highest BCUT2D eigenvalue weighted by molar-refractivity contribution is 14.0. The predicted octanol–water partition coefficient (Wildman–Crippen LogP) is 4.10. The lowest BCUT2D eigenvalue weighted by Crippen LogP contribution is -2.41. The Kier molecular flexibility index (Phi) is 6.34. The molecular formula is C16H26IN3S. The van der Waals surface area contributed by atoms with E-state index in [4.69, 9.17) is 4.99 Å². The summed E-state index contributed by atoms with van der Waals surface area (Å²) in [6.07, 6.45) is 7.06. The van der Waals surface area contributed by atoms with Gasteiger partial charge in [-0.05, 0) is 54.0 Å². The van der Waals surface area contributed by atoms with Crippen molar-refractivity contribution in [3.05, 3.63) is 22.4 Å². The van der Waals surface area contributed by atoms with Crippen LogP contribution in [0.5, 0.6) is 0 Å². The molecule has 2 heterocycles. The number of nitrogens with one attached hydrogen (secondary N) is 1. The van der Waals surface area contributed by atoms with E-state index in [-0.39, 0.29) is 24.0 Å². The Morgan fingerprint density at radius 3 is 2.86 bits per heavy atom. The van der Waals surface area contributed by atoms with Crippen LogP contribution in [0.3, 0.4) is 0 Å². The summed E-state index contributed by atoms with van der Waals surface area (Å²) >= 11 is 1.75. The van der Waals surface area contributed by atoms with Gasteiger partial charge in [0.25, 0.3) is 0 Å². The van der Waals surface area contributed by atoms with E-state index in [1.165, 1.54) is 50.8 Å². The highest BCUT2D eigenvalue weighted by Crippen LogP contribution is 2.45. The third-order valence-electron chi connectivity index (χ3n) is 4.73. The van der Waals surface area contributed by atoms with Crippen molar-refractivity contribution in [2.24, 2.45) is 10.4 Å². The fourth-order valence-corrected chi connectivity index (χ4v) is 4.28. The molecule has 21 heavy (non-hydrogen) atoms. The van der Waals surface area contributed by atoms with Gasteiger partial charge >= 0.3 is 0 Å². The monoisotopic (exact) mass is 419 g/mol. The van der Waals surface area contributed by atoms with E-state index in [0.29, 0.717) is 5.41 Å². The summed E-state index contributed by atoms with van der Waals surface area (Å²) in [4.78, 5) is 7.32. The van der Waals surface area contributed by atoms with Crippen LogP contribution in [0.2, 0.25) is 0 Å². The minimum absolute atomic E-state index is 0. The number of halogens is 1. The third-order valence-corrected chi connectivity index (χ3v) is 5.46. The lowest BCUT2D eigenvalue weighted by atomic mass is 9.86. The summed E-state index contributed by atoms with van der Waals surface area (Å²) in [7, 11) is 0. The minimum Gasteiger partial charge on any atom is -0.357 e. The van der Waals surface area contributed by atoms with Crippen molar-refractivity contribution in [2.75, 3.05) is 19.6 Å². The molecule has 3 rings (SSSR count). The van der Waals surface area contributed by atoms with E-state index in [9.17, 15) is 0 Å². The first-order valence-electron chi connectivity index (χ1n) is 7.86.